The number of aromatic nitrogens is 3. The van der Waals surface area contributed by atoms with Gasteiger partial charge in [0, 0.05) is 12.6 Å². The number of thiophene rings is 1. The molecule has 23 heavy (non-hydrogen) atoms. The van der Waals surface area contributed by atoms with Gasteiger partial charge in [-0.3, -0.25) is 0 Å². The number of aryl methyl sites for hydroxylation is 1. The number of hydrogen-bond acceptors (Lipinski definition) is 6. The summed E-state index contributed by atoms with van der Waals surface area (Å²) < 4.78 is 5.19. The van der Waals surface area contributed by atoms with Crippen LogP contribution in [0.25, 0.3) is 21.8 Å². The average Bonchev–Trinajstić information content (AvgIpc) is 3.24. The molecule has 0 saturated heterocycles. The van der Waals surface area contributed by atoms with Crippen molar-refractivity contribution in [2.24, 2.45) is 0 Å². The fourth-order valence-corrected chi connectivity index (χ4v) is 3.36. The molecular formula is C17H14N4OS. The number of fused-ring (bicyclic) bond motifs is 1. The molecule has 0 spiro atoms. The molecule has 4 aromatic rings. The van der Waals surface area contributed by atoms with Gasteiger partial charge in [-0.05, 0) is 23.4 Å². The number of hydrogen-bond donors (Lipinski definition) is 1. The number of nitrogens with one attached hydrogen (secondary N) is 1. The predicted octanol–water partition coefficient (Wildman–Crippen LogP) is 4.27. The fourth-order valence-electron chi connectivity index (χ4n) is 2.43. The summed E-state index contributed by atoms with van der Waals surface area (Å²) in [6.07, 6.45) is 1.60. The lowest BCUT2D eigenvalue weighted by molar-refractivity contribution is 0.430. The minimum absolute atomic E-state index is 0.549. The molecule has 0 aliphatic rings. The van der Waals surface area contributed by atoms with Crippen molar-refractivity contribution < 1.29 is 4.52 Å². The van der Waals surface area contributed by atoms with Crippen LogP contribution in [0.1, 0.15) is 11.1 Å². The first-order valence-corrected chi connectivity index (χ1v) is 8.14. The second-order valence-electron chi connectivity index (χ2n) is 5.21. The van der Waals surface area contributed by atoms with Gasteiger partial charge in [0.2, 0.25) is 11.6 Å². The van der Waals surface area contributed by atoms with Gasteiger partial charge in [-0.2, -0.15) is 0 Å². The number of nitrogens with zero attached hydrogens (tertiary/aromatic N) is 3. The highest BCUT2D eigenvalue weighted by Gasteiger charge is 2.14. The van der Waals surface area contributed by atoms with Crippen LogP contribution >= 0.6 is 11.3 Å². The smallest absolute Gasteiger partial charge is 0.204 e. The molecule has 3 aromatic heterocycles. The van der Waals surface area contributed by atoms with E-state index in [0.29, 0.717) is 18.1 Å². The predicted molar refractivity (Wildman–Crippen MR) is 91.4 cm³/mol. The normalized spacial score (nSPS) is 11.0. The average molecular weight is 322 g/mol. The summed E-state index contributed by atoms with van der Waals surface area (Å²) >= 11 is 1.61. The van der Waals surface area contributed by atoms with Gasteiger partial charge in [-0.15, -0.1) is 11.3 Å². The molecule has 4 rings (SSSR count). The number of benzene rings is 1. The van der Waals surface area contributed by atoms with E-state index in [-0.39, 0.29) is 0 Å². The van der Waals surface area contributed by atoms with Crippen LogP contribution < -0.4 is 5.32 Å². The first kappa shape index (κ1) is 13.9. The molecule has 0 atom stereocenters. The summed E-state index contributed by atoms with van der Waals surface area (Å²) in [4.78, 5) is 10.2. The van der Waals surface area contributed by atoms with Gasteiger partial charge in [-0.25, -0.2) is 9.97 Å². The van der Waals surface area contributed by atoms with Crippen LogP contribution in [0.15, 0.2) is 52.5 Å². The Kier molecular flexibility index (Phi) is 3.51. The van der Waals surface area contributed by atoms with Crippen molar-refractivity contribution in [1.29, 1.82) is 0 Å². The third-order valence-corrected chi connectivity index (χ3v) is 4.57. The summed E-state index contributed by atoms with van der Waals surface area (Å²) in [7, 11) is 0. The standard InChI is InChI=1S/C17H14N4OS/c1-11-10-23-17-14(11)16(18-9-12-5-3-2-4-6-12)20-15(21-17)13-7-8-19-22-13/h2-8,10H,9H2,1H3,(H,18,20,21). The summed E-state index contributed by atoms with van der Waals surface area (Å²) in [5.41, 5.74) is 2.37. The van der Waals surface area contributed by atoms with Crippen molar-refractivity contribution in [3.63, 3.8) is 0 Å². The number of rotatable bonds is 4. The van der Waals surface area contributed by atoms with Crippen LogP contribution in [0.3, 0.4) is 0 Å². The SMILES string of the molecule is Cc1csc2nc(-c3ccno3)nc(NCc3ccccc3)c12. The van der Waals surface area contributed by atoms with Crippen molar-refractivity contribution >= 4 is 27.4 Å². The van der Waals surface area contributed by atoms with E-state index < -0.39 is 0 Å². The molecule has 5 nitrogen and oxygen atoms in total. The molecule has 1 N–H and O–H groups in total. The van der Waals surface area contributed by atoms with E-state index in [1.165, 1.54) is 11.1 Å². The highest BCUT2D eigenvalue weighted by molar-refractivity contribution is 7.17. The largest absolute Gasteiger partial charge is 0.365 e. The molecule has 0 aliphatic heterocycles. The van der Waals surface area contributed by atoms with Crippen LogP contribution in [-0.2, 0) is 6.54 Å². The third kappa shape index (κ3) is 2.68. The maximum Gasteiger partial charge on any atom is 0.204 e. The van der Waals surface area contributed by atoms with Crippen molar-refractivity contribution in [2.75, 3.05) is 5.32 Å². The van der Waals surface area contributed by atoms with Gasteiger partial charge in [0.1, 0.15) is 10.6 Å². The fraction of sp³-hybridized carbons (Fsp3) is 0.118. The molecule has 0 fully saturated rings. The van der Waals surface area contributed by atoms with Gasteiger partial charge in [0.05, 0.1) is 11.6 Å². The first-order valence-electron chi connectivity index (χ1n) is 7.26. The van der Waals surface area contributed by atoms with E-state index >= 15 is 0 Å². The molecule has 0 aliphatic carbocycles. The van der Waals surface area contributed by atoms with Crippen molar-refractivity contribution in [1.82, 2.24) is 15.1 Å². The van der Waals surface area contributed by atoms with Gasteiger partial charge in [0.25, 0.3) is 0 Å². The van der Waals surface area contributed by atoms with E-state index in [1.54, 1.807) is 23.6 Å². The quantitative estimate of drug-likeness (QED) is 0.608. The topological polar surface area (TPSA) is 63.8 Å². The Hall–Kier alpha value is -2.73. The van der Waals surface area contributed by atoms with Gasteiger partial charge in [-0.1, -0.05) is 35.5 Å². The lowest BCUT2D eigenvalue weighted by Gasteiger charge is -2.09. The molecule has 0 saturated carbocycles. The molecule has 0 radical (unpaired) electrons. The molecule has 1 aromatic carbocycles. The van der Waals surface area contributed by atoms with E-state index in [4.69, 9.17) is 4.52 Å². The van der Waals surface area contributed by atoms with Gasteiger partial charge in [0.15, 0.2) is 0 Å². The van der Waals surface area contributed by atoms with Crippen LogP contribution in [0.2, 0.25) is 0 Å². The maximum absolute atomic E-state index is 5.19. The molecule has 0 bridgehead atoms. The maximum atomic E-state index is 5.19. The Morgan fingerprint density at radius 3 is 2.78 bits per heavy atom. The second-order valence-corrected chi connectivity index (χ2v) is 6.07. The van der Waals surface area contributed by atoms with E-state index in [0.717, 1.165) is 16.0 Å². The molecule has 0 amide bonds. The van der Waals surface area contributed by atoms with Gasteiger partial charge >= 0.3 is 0 Å². The Labute approximate surface area is 137 Å². The Morgan fingerprint density at radius 2 is 2.00 bits per heavy atom. The van der Waals surface area contributed by atoms with Crippen LogP contribution in [0.4, 0.5) is 5.82 Å². The van der Waals surface area contributed by atoms with Crippen molar-refractivity contribution in [3.8, 4) is 11.6 Å². The highest BCUT2D eigenvalue weighted by Crippen LogP contribution is 2.31. The lowest BCUT2D eigenvalue weighted by atomic mass is 10.2. The minimum Gasteiger partial charge on any atom is -0.365 e. The zero-order valence-electron chi connectivity index (χ0n) is 12.5. The lowest BCUT2D eigenvalue weighted by Crippen LogP contribution is -2.03. The first-order chi connectivity index (χ1) is 11.3. The van der Waals surface area contributed by atoms with Gasteiger partial charge < -0.3 is 9.84 Å². The van der Waals surface area contributed by atoms with Crippen LogP contribution in [-0.4, -0.2) is 15.1 Å². The highest BCUT2D eigenvalue weighted by atomic mass is 32.1. The minimum atomic E-state index is 0.549. The molecule has 0 unspecified atom stereocenters. The zero-order valence-corrected chi connectivity index (χ0v) is 13.3. The number of anilines is 1. The summed E-state index contributed by atoms with van der Waals surface area (Å²) in [6, 6.07) is 12.0. The monoisotopic (exact) mass is 322 g/mol. The Bertz CT molecular complexity index is 932. The Balaban J connectivity index is 1.75. The van der Waals surface area contributed by atoms with Crippen LogP contribution in [0.5, 0.6) is 0 Å². The third-order valence-electron chi connectivity index (χ3n) is 3.58. The van der Waals surface area contributed by atoms with Crippen molar-refractivity contribution in [2.45, 2.75) is 13.5 Å². The molecule has 114 valence electrons. The molecule has 3 heterocycles. The summed E-state index contributed by atoms with van der Waals surface area (Å²) in [5.74, 6) is 1.94. The summed E-state index contributed by atoms with van der Waals surface area (Å²) in [6.45, 7) is 2.78. The molecule has 6 heteroatoms. The zero-order chi connectivity index (χ0) is 15.6. The summed E-state index contributed by atoms with van der Waals surface area (Å²) in [5, 5.41) is 10.3. The van der Waals surface area contributed by atoms with E-state index in [9.17, 15) is 0 Å². The van der Waals surface area contributed by atoms with E-state index in [1.807, 2.05) is 18.2 Å². The van der Waals surface area contributed by atoms with E-state index in [2.05, 4.69) is 44.9 Å². The second kappa shape index (κ2) is 5.81. The van der Waals surface area contributed by atoms with Crippen LogP contribution in [0, 0.1) is 6.92 Å². The Morgan fingerprint density at radius 1 is 1.13 bits per heavy atom. The van der Waals surface area contributed by atoms with Crippen molar-refractivity contribution in [3.05, 3.63) is 59.1 Å². The molecular weight excluding hydrogens is 308 g/mol.